The molecule has 0 N–H and O–H groups in total. The van der Waals surface area contributed by atoms with E-state index >= 15 is 0 Å². The fourth-order valence-electron chi connectivity index (χ4n) is 4.75. The highest BCUT2D eigenvalue weighted by Crippen LogP contribution is 2.33. The van der Waals surface area contributed by atoms with Crippen molar-refractivity contribution in [3.05, 3.63) is 68.7 Å². The molecule has 0 saturated heterocycles. The molecule has 2 aliphatic rings. The lowest BCUT2D eigenvalue weighted by Crippen LogP contribution is -2.38. The molecule has 7 nitrogen and oxygen atoms in total. The molecule has 9 heteroatoms. The number of aromatic nitrogens is 4. The van der Waals surface area contributed by atoms with E-state index in [0.717, 1.165) is 36.6 Å². The maximum absolute atomic E-state index is 13.3. The number of nitrogens with zero attached hydrogens (tertiary/aromatic N) is 6. The van der Waals surface area contributed by atoms with E-state index in [-0.39, 0.29) is 11.9 Å². The van der Waals surface area contributed by atoms with Crippen LogP contribution in [0, 0.1) is 0 Å². The van der Waals surface area contributed by atoms with Crippen LogP contribution in [-0.4, -0.2) is 47.2 Å². The molecule has 5 rings (SSSR count). The monoisotopic (exact) mass is 471 g/mol. The first kappa shape index (κ1) is 21.4. The van der Waals surface area contributed by atoms with Crippen molar-refractivity contribution in [2.75, 3.05) is 6.54 Å². The minimum atomic E-state index is -0.0677. The standard InChI is InChI=1S/C23H25Cl2N6O/c1-14-10-21-18(13-30(14)23(32)16-4-5-19(24)20(25)11-16)22-15(2)29(8-9-31(22)27-21)12-17-6-7-26-28(17)3/h4-7,11,15H,8-10,12-13H2,1-3H3/q+1. The van der Waals surface area contributed by atoms with Crippen molar-refractivity contribution >= 4 is 34.8 Å². The van der Waals surface area contributed by atoms with Gasteiger partial charge in [-0.05, 0) is 31.2 Å². The molecular weight excluding hydrogens is 447 g/mol. The van der Waals surface area contributed by atoms with Crippen LogP contribution in [-0.2, 0) is 33.1 Å². The first-order valence-corrected chi connectivity index (χ1v) is 11.5. The lowest BCUT2D eigenvalue weighted by molar-refractivity contribution is -0.449. The Morgan fingerprint density at radius 3 is 2.75 bits per heavy atom. The number of hydrogen-bond donors (Lipinski definition) is 0. The summed E-state index contributed by atoms with van der Waals surface area (Å²) in [5.41, 5.74) is 6.14. The molecule has 2 aliphatic heterocycles. The molecule has 0 bridgehead atoms. The van der Waals surface area contributed by atoms with Gasteiger partial charge in [0.05, 0.1) is 51.2 Å². The molecule has 1 atom stereocenters. The second-order valence-electron chi connectivity index (χ2n) is 8.56. The summed E-state index contributed by atoms with van der Waals surface area (Å²) in [6.07, 6.45) is 2.50. The number of carbonyl (C=O) groups excluding carboxylic acids is 1. The summed E-state index contributed by atoms with van der Waals surface area (Å²) in [4.78, 5) is 15.8. The Balaban J connectivity index is 1.45. The largest absolute Gasteiger partial charge is 0.419 e. The quantitative estimate of drug-likeness (QED) is 0.544. The third-order valence-corrected chi connectivity index (χ3v) is 7.36. The molecule has 0 spiro atoms. The van der Waals surface area contributed by atoms with Gasteiger partial charge in [-0.25, -0.2) is 4.79 Å². The Bertz CT molecular complexity index is 1260. The van der Waals surface area contributed by atoms with Gasteiger partial charge in [-0.15, -0.1) is 0 Å². The summed E-state index contributed by atoms with van der Waals surface area (Å²) in [6.45, 7) is 7.32. The zero-order valence-corrected chi connectivity index (χ0v) is 19.9. The van der Waals surface area contributed by atoms with Crippen LogP contribution in [0.15, 0.2) is 30.5 Å². The number of halogens is 2. The highest BCUT2D eigenvalue weighted by Gasteiger charge is 2.37. The van der Waals surface area contributed by atoms with Gasteiger partial charge in [-0.1, -0.05) is 23.2 Å². The first-order chi connectivity index (χ1) is 15.3. The van der Waals surface area contributed by atoms with Gasteiger partial charge in [0.15, 0.2) is 12.3 Å². The molecule has 0 saturated carbocycles. The highest BCUT2D eigenvalue weighted by molar-refractivity contribution is 6.42. The van der Waals surface area contributed by atoms with E-state index in [4.69, 9.17) is 28.3 Å². The Hall–Kier alpha value is -2.48. The second-order valence-corrected chi connectivity index (χ2v) is 9.37. The molecule has 1 unspecified atom stereocenters. The van der Waals surface area contributed by atoms with E-state index in [9.17, 15) is 4.79 Å². The average Bonchev–Trinajstić information content (AvgIpc) is 3.33. The number of carbonyl (C=O) groups is 1. The molecule has 3 aromatic rings. The molecule has 1 amide bonds. The van der Waals surface area contributed by atoms with E-state index in [1.54, 1.807) is 18.2 Å². The van der Waals surface area contributed by atoms with Crippen LogP contribution in [0.5, 0.6) is 0 Å². The SMILES string of the molecule is CC1=[N+](C(=O)c2ccc(Cl)c(Cl)c2)Cc2c(nn3c2C(C)N(Cc2ccnn2C)CC3)C1. The van der Waals surface area contributed by atoms with Gasteiger partial charge in [-0.3, -0.25) is 14.3 Å². The average molecular weight is 472 g/mol. The minimum Gasteiger partial charge on any atom is -0.287 e. The van der Waals surface area contributed by atoms with Crippen molar-refractivity contribution in [2.24, 2.45) is 7.05 Å². The molecule has 0 radical (unpaired) electrons. The van der Waals surface area contributed by atoms with E-state index in [0.29, 0.717) is 28.6 Å². The Morgan fingerprint density at radius 2 is 2.03 bits per heavy atom. The fourth-order valence-corrected chi connectivity index (χ4v) is 5.05. The summed E-state index contributed by atoms with van der Waals surface area (Å²) in [6, 6.07) is 7.29. The first-order valence-electron chi connectivity index (χ1n) is 10.7. The predicted octanol–water partition coefficient (Wildman–Crippen LogP) is 3.87. The fraction of sp³-hybridized carbons (Fsp3) is 0.391. The van der Waals surface area contributed by atoms with Crippen LogP contribution in [0.1, 0.15) is 52.9 Å². The normalized spacial score (nSPS) is 18.6. The van der Waals surface area contributed by atoms with E-state index in [1.165, 1.54) is 11.4 Å². The van der Waals surface area contributed by atoms with Crippen LogP contribution in [0.4, 0.5) is 0 Å². The zero-order chi connectivity index (χ0) is 22.6. The highest BCUT2D eigenvalue weighted by atomic mass is 35.5. The maximum Gasteiger partial charge on any atom is 0.419 e. The van der Waals surface area contributed by atoms with Crippen molar-refractivity contribution in [2.45, 2.75) is 45.9 Å². The van der Waals surface area contributed by atoms with Crippen molar-refractivity contribution in [3.8, 4) is 0 Å². The van der Waals surface area contributed by atoms with Gasteiger partial charge in [0.1, 0.15) is 0 Å². The Kier molecular flexibility index (Phi) is 5.43. The predicted molar refractivity (Wildman–Crippen MR) is 123 cm³/mol. The van der Waals surface area contributed by atoms with Crippen molar-refractivity contribution in [1.29, 1.82) is 0 Å². The molecule has 32 heavy (non-hydrogen) atoms. The molecular formula is C23H25Cl2N6O+. The number of aryl methyl sites for hydroxylation is 1. The van der Waals surface area contributed by atoms with E-state index in [1.807, 2.05) is 29.4 Å². The zero-order valence-electron chi connectivity index (χ0n) is 18.3. The van der Waals surface area contributed by atoms with Crippen LogP contribution in [0.3, 0.4) is 0 Å². The molecule has 0 aliphatic carbocycles. The lowest BCUT2D eigenvalue weighted by atomic mass is 9.98. The number of hydrogen-bond acceptors (Lipinski definition) is 4. The number of rotatable bonds is 3. The van der Waals surface area contributed by atoms with Gasteiger partial charge in [0.2, 0.25) is 0 Å². The van der Waals surface area contributed by atoms with Crippen LogP contribution in [0.25, 0.3) is 0 Å². The summed E-state index contributed by atoms with van der Waals surface area (Å²) in [7, 11) is 1.97. The van der Waals surface area contributed by atoms with Gasteiger partial charge in [-0.2, -0.15) is 14.8 Å². The van der Waals surface area contributed by atoms with Crippen LogP contribution >= 0.6 is 23.2 Å². The molecule has 1 aromatic carbocycles. The van der Waals surface area contributed by atoms with E-state index < -0.39 is 0 Å². The maximum atomic E-state index is 13.3. The Morgan fingerprint density at radius 1 is 1.22 bits per heavy atom. The summed E-state index contributed by atoms with van der Waals surface area (Å²) in [5.74, 6) is -0.0677. The molecule has 0 fully saturated rings. The summed E-state index contributed by atoms with van der Waals surface area (Å²) >= 11 is 12.2. The molecule has 4 heterocycles. The smallest absolute Gasteiger partial charge is 0.287 e. The number of amides is 1. The number of benzene rings is 1. The third-order valence-electron chi connectivity index (χ3n) is 6.62. The third kappa shape index (κ3) is 3.58. The minimum absolute atomic E-state index is 0.0677. The van der Waals surface area contributed by atoms with E-state index in [2.05, 4.69) is 27.7 Å². The van der Waals surface area contributed by atoms with Gasteiger partial charge >= 0.3 is 5.91 Å². The van der Waals surface area contributed by atoms with Gasteiger partial charge < -0.3 is 0 Å². The van der Waals surface area contributed by atoms with Crippen molar-refractivity contribution < 1.29 is 9.37 Å². The second kappa shape index (κ2) is 8.14. The van der Waals surface area contributed by atoms with Crippen molar-refractivity contribution in [1.82, 2.24) is 24.5 Å². The molecule has 2 aromatic heterocycles. The van der Waals surface area contributed by atoms with Gasteiger partial charge in [0.25, 0.3) is 0 Å². The van der Waals surface area contributed by atoms with Crippen molar-refractivity contribution in [3.63, 3.8) is 0 Å². The Labute approximate surface area is 196 Å². The number of fused-ring (bicyclic) bond motifs is 3. The summed E-state index contributed by atoms with van der Waals surface area (Å²) in [5, 5.41) is 10.0. The van der Waals surface area contributed by atoms with Crippen LogP contribution < -0.4 is 0 Å². The summed E-state index contributed by atoms with van der Waals surface area (Å²) < 4.78 is 5.90. The molecule has 166 valence electrons. The van der Waals surface area contributed by atoms with Gasteiger partial charge in [0, 0.05) is 39.3 Å². The lowest BCUT2D eigenvalue weighted by Gasteiger charge is -2.34. The van der Waals surface area contributed by atoms with Crippen LogP contribution in [0.2, 0.25) is 10.0 Å². The topological polar surface area (TPSA) is 59.0 Å².